The summed E-state index contributed by atoms with van der Waals surface area (Å²) in [5, 5.41) is 10.9. The lowest BCUT2D eigenvalue weighted by Crippen LogP contribution is -1.93. The smallest absolute Gasteiger partial charge is 0.134 e. The number of rotatable bonds is 3. The average molecular weight is 286 g/mol. The maximum Gasteiger partial charge on any atom is 0.134 e. The van der Waals surface area contributed by atoms with Crippen molar-refractivity contribution in [3.8, 4) is 11.5 Å². The third kappa shape index (κ3) is 2.46. The number of hydrogen-bond donors (Lipinski definition) is 1. The Kier molecular flexibility index (Phi) is 3.54. The molecule has 0 fully saturated rings. The molecule has 0 saturated heterocycles. The van der Waals surface area contributed by atoms with Crippen LogP contribution < -0.4 is 4.74 Å². The first-order chi connectivity index (χ1) is 9.78. The fraction of sp³-hybridized carbons (Fsp3) is 0.0625. The van der Waals surface area contributed by atoms with E-state index in [2.05, 4.69) is 4.98 Å². The first-order valence-electron chi connectivity index (χ1n) is 6.19. The number of benzene rings is 2. The predicted molar refractivity (Wildman–Crippen MR) is 79.2 cm³/mol. The van der Waals surface area contributed by atoms with Crippen LogP contribution in [0.3, 0.4) is 0 Å². The van der Waals surface area contributed by atoms with Gasteiger partial charge in [0.15, 0.2) is 0 Å². The Morgan fingerprint density at radius 3 is 2.85 bits per heavy atom. The molecule has 0 spiro atoms. The number of ether oxygens (including phenoxy) is 1. The lowest BCUT2D eigenvalue weighted by molar-refractivity contribution is 0.276. The summed E-state index contributed by atoms with van der Waals surface area (Å²) >= 11 is 6.04. The van der Waals surface area contributed by atoms with Gasteiger partial charge in [-0.05, 0) is 30.3 Å². The second-order valence-electron chi connectivity index (χ2n) is 4.33. The molecule has 0 unspecified atom stereocenters. The Bertz CT molecular complexity index is 758. The summed E-state index contributed by atoms with van der Waals surface area (Å²) in [4.78, 5) is 4.29. The highest BCUT2D eigenvalue weighted by Gasteiger charge is 2.08. The van der Waals surface area contributed by atoms with E-state index in [0.717, 1.165) is 10.9 Å². The van der Waals surface area contributed by atoms with Gasteiger partial charge in [-0.2, -0.15) is 0 Å². The van der Waals surface area contributed by atoms with Crippen LogP contribution in [0.15, 0.2) is 54.7 Å². The van der Waals surface area contributed by atoms with Gasteiger partial charge >= 0.3 is 0 Å². The van der Waals surface area contributed by atoms with E-state index in [1.165, 1.54) is 0 Å². The van der Waals surface area contributed by atoms with Crippen LogP contribution in [-0.2, 0) is 6.61 Å². The Hall–Kier alpha value is -2.10. The van der Waals surface area contributed by atoms with Gasteiger partial charge in [-0.1, -0.05) is 23.7 Å². The summed E-state index contributed by atoms with van der Waals surface area (Å²) in [6.45, 7) is -0.166. The molecule has 100 valence electrons. The first-order valence-corrected chi connectivity index (χ1v) is 6.56. The fourth-order valence-electron chi connectivity index (χ4n) is 2.02. The van der Waals surface area contributed by atoms with Crippen LogP contribution in [-0.4, -0.2) is 10.1 Å². The molecule has 0 aliphatic carbocycles. The second-order valence-corrected chi connectivity index (χ2v) is 4.74. The molecule has 1 heterocycles. The highest BCUT2D eigenvalue weighted by molar-refractivity contribution is 6.31. The molecule has 0 aliphatic heterocycles. The molecular formula is C16H12ClNO2. The molecule has 20 heavy (non-hydrogen) atoms. The van der Waals surface area contributed by atoms with Crippen LogP contribution in [0.4, 0.5) is 0 Å². The number of aliphatic hydroxyl groups is 1. The normalized spacial score (nSPS) is 10.7. The van der Waals surface area contributed by atoms with E-state index in [1.54, 1.807) is 24.4 Å². The average Bonchev–Trinajstić information content (AvgIpc) is 2.47. The van der Waals surface area contributed by atoms with Gasteiger partial charge < -0.3 is 9.84 Å². The third-order valence-corrected chi connectivity index (χ3v) is 3.39. The topological polar surface area (TPSA) is 42.4 Å². The number of hydrogen-bond acceptors (Lipinski definition) is 3. The Labute approximate surface area is 121 Å². The summed E-state index contributed by atoms with van der Waals surface area (Å²) in [5.74, 6) is 1.21. The van der Waals surface area contributed by atoms with Crippen molar-refractivity contribution in [1.29, 1.82) is 0 Å². The first kappa shape index (κ1) is 12.9. The van der Waals surface area contributed by atoms with Crippen LogP contribution in [0.25, 0.3) is 10.9 Å². The van der Waals surface area contributed by atoms with Gasteiger partial charge in [-0.15, -0.1) is 0 Å². The fourth-order valence-corrected chi connectivity index (χ4v) is 2.25. The van der Waals surface area contributed by atoms with Crippen LogP contribution in [0.5, 0.6) is 11.5 Å². The minimum absolute atomic E-state index is 0.166. The van der Waals surface area contributed by atoms with Crippen molar-refractivity contribution in [1.82, 2.24) is 4.98 Å². The highest BCUT2D eigenvalue weighted by atomic mass is 35.5. The standard InChI is InChI=1S/C16H12ClNO2/c17-14-4-1-5-16(13(14)10-19)20-12-7-6-11-3-2-8-18-15(11)9-12/h1-9,19H,10H2. The molecule has 0 bridgehead atoms. The van der Waals surface area contributed by atoms with Crippen LogP contribution in [0.2, 0.25) is 5.02 Å². The van der Waals surface area contributed by atoms with E-state index in [-0.39, 0.29) is 6.61 Å². The Balaban J connectivity index is 1.99. The van der Waals surface area contributed by atoms with Crippen molar-refractivity contribution >= 4 is 22.5 Å². The molecule has 1 aromatic heterocycles. The number of fused-ring (bicyclic) bond motifs is 1. The van der Waals surface area contributed by atoms with Crippen molar-refractivity contribution in [3.05, 3.63) is 65.3 Å². The number of halogens is 1. The van der Waals surface area contributed by atoms with Gasteiger partial charge in [-0.3, -0.25) is 4.98 Å². The van der Waals surface area contributed by atoms with Crippen LogP contribution in [0, 0.1) is 0 Å². The molecule has 3 aromatic rings. The maximum absolute atomic E-state index is 9.37. The number of nitrogens with zero attached hydrogens (tertiary/aromatic N) is 1. The zero-order valence-electron chi connectivity index (χ0n) is 10.6. The summed E-state index contributed by atoms with van der Waals surface area (Å²) in [5.41, 5.74) is 1.44. The van der Waals surface area contributed by atoms with Crippen LogP contribution in [0.1, 0.15) is 5.56 Å². The quantitative estimate of drug-likeness (QED) is 0.785. The molecule has 2 aromatic carbocycles. The minimum Gasteiger partial charge on any atom is -0.457 e. The van der Waals surface area contributed by atoms with Gasteiger partial charge in [0, 0.05) is 28.2 Å². The van der Waals surface area contributed by atoms with Crippen molar-refractivity contribution in [2.45, 2.75) is 6.61 Å². The molecule has 0 amide bonds. The second kappa shape index (κ2) is 5.49. The highest BCUT2D eigenvalue weighted by Crippen LogP contribution is 2.31. The zero-order valence-corrected chi connectivity index (χ0v) is 11.3. The maximum atomic E-state index is 9.37. The van der Waals surface area contributed by atoms with Gasteiger partial charge in [0.25, 0.3) is 0 Å². The summed E-state index contributed by atoms with van der Waals surface area (Å²) in [6.07, 6.45) is 1.74. The van der Waals surface area contributed by atoms with Gasteiger partial charge in [0.1, 0.15) is 11.5 Å². The molecule has 1 N–H and O–H groups in total. The predicted octanol–water partition coefficient (Wildman–Crippen LogP) is 4.17. The molecular weight excluding hydrogens is 274 g/mol. The molecule has 0 aliphatic rings. The Morgan fingerprint density at radius 1 is 1.10 bits per heavy atom. The molecule has 3 rings (SSSR count). The SMILES string of the molecule is OCc1c(Cl)cccc1Oc1ccc2cccnc2c1. The van der Waals surface area contributed by atoms with Crippen molar-refractivity contribution in [3.63, 3.8) is 0 Å². The van der Waals surface area contributed by atoms with Gasteiger partial charge in [0.2, 0.25) is 0 Å². The van der Waals surface area contributed by atoms with Gasteiger partial charge in [-0.25, -0.2) is 0 Å². The lowest BCUT2D eigenvalue weighted by atomic mass is 10.2. The van der Waals surface area contributed by atoms with Crippen LogP contribution >= 0.6 is 11.6 Å². The monoisotopic (exact) mass is 285 g/mol. The van der Waals surface area contributed by atoms with E-state index in [0.29, 0.717) is 22.1 Å². The minimum atomic E-state index is -0.166. The van der Waals surface area contributed by atoms with Gasteiger partial charge in [0.05, 0.1) is 12.1 Å². The van der Waals surface area contributed by atoms with Crippen molar-refractivity contribution in [2.24, 2.45) is 0 Å². The Morgan fingerprint density at radius 2 is 2.00 bits per heavy atom. The molecule has 3 nitrogen and oxygen atoms in total. The van der Waals surface area contributed by atoms with E-state index in [1.807, 2.05) is 30.3 Å². The van der Waals surface area contributed by atoms with E-state index < -0.39 is 0 Å². The number of aromatic nitrogens is 1. The molecule has 4 heteroatoms. The molecule has 0 radical (unpaired) electrons. The zero-order chi connectivity index (χ0) is 13.9. The van der Waals surface area contributed by atoms with Crippen molar-refractivity contribution < 1.29 is 9.84 Å². The lowest BCUT2D eigenvalue weighted by Gasteiger charge is -2.11. The molecule has 0 saturated carbocycles. The third-order valence-electron chi connectivity index (χ3n) is 3.04. The van der Waals surface area contributed by atoms with E-state index in [4.69, 9.17) is 16.3 Å². The van der Waals surface area contributed by atoms with E-state index in [9.17, 15) is 5.11 Å². The van der Waals surface area contributed by atoms with E-state index >= 15 is 0 Å². The van der Waals surface area contributed by atoms with Crippen molar-refractivity contribution in [2.75, 3.05) is 0 Å². The number of aliphatic hydroxyl groups excluding tert-OH is 1. The summed E-state index contributed by atoms with van der Waals surface area (Å²) in [6, 6.07) is 14.8. The largest absolute Gasteiger partial charge is 0.457 e. The molecule has 0 atom stereocenters. The summed E-state index contributed by atoms with van der Waals surface area (Å²) < 4.78 is 5.80. The number of pyridine rings is 1. The summed E-state index contributed by atoms with van der Waals surface area (Å²) in [7, 11) is 0.